The first-order valence-corrected chi connectivity index (χ1v) is 23.2. The van der Waals surface area contributed by atoms with E-state index in [-0.39, 0.29) is 0 Å². The third-order valence-electron chi connectivity index (χ3n) is 15.1. The van der Waals surface area contributed by atoms with E-state index in [1.807, 2.05) is 97.1 Å². The lowest BCUT2D eigenvalue weighted by Gasteiger charge is -2.55. The molecule has 13 rings (SSSR count). The van der Waals surface area contributed by atoms with Crippen LogP contribution in [-0.2, 0) is 83.7 Å². The molecule has 5 atom stereocenters. The average Bonchev–Trinajstić information content (AvgIpc) is 4.23. The summed E-state index contributed by atoms with van der Waals surface area (Å²) >= 11 is 0. The summed E-state index contributed by atoms with van der Waals surface area (Å²) in [4.78, 5) is 17.1. The van der Waals surface area contributed by atoms with E-state index in [1.54, 1.807) is 0 Å². The lowest BCUT2D eigenvalue weighted by Crippen LogP contribution is -2.65. The molecule has 0 N–H and O–H groups in total. The molecule has 13 heteroatoms. The Labute approximate surface area is 382 Å². The fraction of sp³-hybridized carbons (Fsp3) is 0.415. The summed E-state index contributed by atoms with van der Waals surface area (Å²) in [5.74, 6) is -0.473. The van der Waals surface area contributed by atoms with Gasteiger partial charge in [0.05, 0.1) is 71.5 Å². The van der Waals surface area contributed by atoms with Crippen molar-refractivity contribution >= 4 is 5.97 Å². The number of ether oxygens (including phenoxy) is 12. The van der Waals surface area contributed by atoms with Crippen LogP contribution in [0.5, 0.6) is 0 Å². The van der Waals surface area contributed by atoms with Gasteiger partial charge in [-0.05, 0) is 35.1 Å². The van der Waals surface area contributed by atoms with Crippen LogP contribution in [0.1, 0.15) is 106 Å². The molecule has 5 unspecified atom stereocenters. The second-order valence-electron chi connectivity index (χ2n) is 17.9. The van der Waals surface area contributed by atoms with Crippen LogP contribution < -0.4 is 0 Å². The van der Waals surface area contributed by atoms with E-state index in [4.69, 9.17) is 56.8 Å². The van der Waals surface area contributed by atoms with Crippen LogP contribution in [0.3, 0.4) is 0 Å². The predicted octanol–water partition coefficient (Wildman–Crippen LogP) is 8.00. The van der Waals surface area contributed by atoms with Crippen LogP contribution in [0.15, 0.2) is 121 Å². The molecule has 0 radical (unpaired) electrons. The normalized spacial score (nSPS) is 31.7. The molecule has 2 bridgehead atoms. The Morgan fingerprint density at radius 2 is 0.667 bits per heavy atom. The number of fused-ring (bicyclic) bond motifs is 5. The molecule has 8 fully saturated rings. The van der Waals surface area contributed by atoms with Gasteiger partial charge in [-0.25, -0.2) is 0 Å². The lowest BCUT2D eigenvalue weighted by molar-refractivity contribution is -0.161. The summed E-state index contributed by atoms with van der Waals surface area (Å²) in [6.45, 7) is 4.08. The molecule has 0 saturated carbocycles. The molecule has 8 aliphatic rings. The molecule has 0 aliphatic carbocycles. The minimum absolute atomic E-state index is 0.386. The van der Waals surface area contributed by atoms with Crippen molar-refractivity contribution in [3.8, 4) is 0 Å². The van der Waals surface area contributed by atoms with E-state index in [0.29, 0.717) is 90.0 Å². The topological polar surface area (TPSA) is 128 Å². The van der Waals surface area contributed by atoms with Gasteiger partial charge in [0, 0.05) is 33.4 Å². The van der Waals surface area contributed by atoms with Crippen molar-refractivity contribution in [1.82, 2.24) is 0 Å². The smallest absolute Gasteiger partial charge is 0.321 e. The van der Waals surface area contributed by atoms with Gasteiger partial charge in [-0.2, -0.15) is 0 Å². The number of cyclic esters (lactones) is 1. The number of hydrogen-bond donors (Lipinski definition) is 0. The highest BCUT2D eigenvalue weighted by molar-refractivity contribution is 5.95. The second-order valence-corrected chi connectivity index (χ2v) is 17.9. The van der Waals surface area contributed by atoms with E-state index in [1.165, 1.54) is 0 Å². The van der Waals surface area contributed by atoms with E-state index in [9.17, 15) is 0 Å². The third-order valence-corrected chi connectivity index (χ3v) is 15.1. The van der Waals surface area contributed by atoms with Crippen LogP contribution in [0.4, 0.5) is 0 Å². The van der Waals surface area contributed by atoms with Crippen LogP contribution in [0.2, 0.25) is 0 Å². The minimum atomic E-state index is -1.74. The maximum atomic E-state index is 17.1. The highest BCUT2D eigenvalue weighted by atomic mass is 16.7. The van der Waals surface area contributed by atoms with E-state index in [0.717, 1.165) is 44.5 Å². The maximum Gasteiger partial charge on any atom is 0.321 e. The number of carbonyl (C=O) groups excluding carboxylic acids is 1. The summed E-state index contributed by atoms with van der Waals surface area (Å²) in [5, 5.41) is 0. The summed E-state index contributed by atoms with van der Waals surface area (Å²) in [7, 11) is 0. The zero-order chi connectivity index (χ0) is 43.9. The number of hydrogen-bond acceptors (Lipinski definition) is 13. The second kappa shape index (κ2) is 16.1. The molecule has 0 amide bonds. The molecule has 13 nitrogen and oxygen atoms in total. The number of esters is 1. The van der Waals surface area contributed by atoms with Gasteiger partial charge in [0.2, 0.25) is 0 Å². The first kappa shape index (κ1) is 41.3. The molecule has 0 aromatic heterocycles. The summed E-state index contributed by atoms with van der Waals surface area (Å²) in [5.41, 5.74) is 1.35. The molecule has 66 heavy (non-hydrogen) atoms. The fourth-order valence-corrected chi connectivity index (χ4v) is 13.0. The lowest BCUT2D eigenvalue weighted by atomic mass is 9.40. The molecule has 5 aromatic carbocycles. The molecular formula is C53H50O13. The molecule has 8 aliphatic heterocycles. The van der Waals surface area contributed by atoms with Gasteiger partial charge in [-0.1, -0.05) is 121 Å². The quantitative estimate of drug-likeness (QED) is 0.126. The highest BCUT2D eigenvalue weighted by Gasteiger charge is 2.93. The molecule has 340 valence electrons. The van der Waals surface area contributed by atoms with E-state index in [2.05, 4.69) is 24.3 Å². The Hall–Kier alpha value is -4.87. The summed E-state index contributed by atoms with van der Waals surface area (Å²) < 4.78 is 79.8. The average molecular weight is 895 g/mol. The van der Waals surface area contributed by atoms with Gasteiger partial charge >= 0.3 is 5.97 Å². The monoisotopic (exact) mass is 894 g/mol. The Balaban J connectivity index is 1.24. The van der Waals surface area contributed by atoms with Crippen molar-refractivity contribution in [2.24, 2.45) is 0 Å². The Morgan fingerprint density at radius 3 is 1.14 bits per heavy atom. The first-order valence-electron chi connectivity index (χ1n) is 23.2. The minimum Gasteiger partial charge on any atom is -0.456 e. The first-order chi connectivity index (χ1) is 32.6. The highest BCUT2D eigenvalue weighted by Crippen LogP contribution is 2.84. The largest absolute Gasteiger partial charge is 0.456 e. The number of rotatable bonds is 10. The van der Waals surface area contributed by atoms with Crippen molar-refractivity contribution in [2.45, 2.75) is 72.4 Å². The Kier molecular flexibility index (Phi) is 10.1. The van der Waals surface area contributed by atoms with Gasteiger partial charge < -0.3 is 56.8 Å². The van der Waals surface area contributed by atoms with Crippen molar-refractivity contribution < 1.29 is 61.6 Å². The van der Waals surface area contributed by atoms with Gasteiger partial charge in [0.15, 0.2) is 31.5 Å². The van der Waals surface area contributed by atoms with Crippen LogP contribution in [0.25, 0.3) is 0 Å². The summed E-state index contributed by atoms with van der Waals surface area (Å²) in [6.07, 6.45) is -3.94. The molecule has 8 heterocycles. The van der Waals surface area contributed by atoms with E-state index >= 15 is 4.79 Å². The maximum absolute atomic E-state index is 17.1. The fourth-order valence-electron chi connectivity index (χ4n) is 13.0. The van der Waals surface area contributed by atoms with Crippen molar-refractivity contribution in [3.05, 3.63) is 177 Å². The van der Waals surface area contributed by atoms with Gasteiger partial charge in [-0.15, -0.1) is 0 Å². The van der Waals surface area contributed by atoms with Crippen LogP contribution >= 0.6 is 0 Å². The Morgan fingerprint density at radius 1 is 0.348 bits per heavy atom. The summed E-state index contributed by atoms with van der Waals surface area (Å²) in [6, 6.07) is 40.4. The standard InChI is InChI=1S/C53H50O13/c54-49-53(42-20-10-6-16-38(42)48-63-31-32-64-48)51(40-18-8-4-14-36(40)46-59-27-28-60-46)22-21-50(66-51,39-17-7-3-13-35(39)45-57-25-26-58-45)52(53,41-19-9-5-15-37(41)47-61-29-30-62-47)43(65-49)33-11-1-2-12-34(33)44-55-23-24-56-44/h1-20,43-48H,21-32H2. The Bertz CT molecular complexity index is 2640. The predicted molar refractivity (Wildman–Crippen MR) is 231 cm³/mol. The zero-order valence-electron chi connectivity index (χ0n) is 36.3. The molecular weight excluding hydrogens is 845 g/mol. The van der Waals surface area contributed by atoms with E-state index < -0.39 is 65.6 Å². The number of carbonyl (C=O) groups is 1. The van der Waals surface area contributed by atoms with Crippen molar-refractivity contribution in [1.29, 1.82) is 0 Å². The van der Waals surface area contributed by atoms with Gasteiger partial charge in [0.25, 0.3) is 0 Å². The molecule has 5 aromatic rings. The molecule has 0 spiro atoms. The van der Waals surface area contributed by atoms with Crippen LogP contribution in [-0.4, -0.2) is 72.0 Å². The van der Waals surface area contributed by atoms with Crippen LogP contribution in [0, 0.1) is 0 Å². The van der Waals surface area contributed by atoms with Crippen molar-refractivity contribution in [3.63, 3.8) is 0 Å². The third kappa shape index (κ3) is 5.59. The number of benzene rings is 5. The van der Waals surface area contributed by atoms with Gasteiger partial charge in [-0.3, -0.25) is 4.79 Å². The molecule has 8 saturated heterocycles. The van der Waals surface area contributed by atoms with Gasteiger partial charge in [0.1, 0.15) is 22.7 Å². The van der Waals surface area contributed by atoms with Crippen molar-refractivity contribution in [2.75, 3.05) is 66.1 Å². The SMILES string of the molecule is O=C1OC(c2ccccc2C2OCCO2)C2(c3ccccc3C3OCCO3)C3(c4ccccc4C4OCCO4)CCC(c4ccccc4C4OCCO4)(O3)C12c1ccccc1C1OCCO1. The zero-order valence-corrected chi connectivity index (χ0v) is 36.3.